The van der Waals surface area contributed by atoms with Crippen LogP contribution in [0.4, 0.5) is 4.39 Å². The lowest BCUT2D eigenvalue weighted by atomic mass is 9.89. The Labute approximate surface area is 88.9 Å². The van der Waals surface area contributed by atoms with Crippen LogP contribution < -0.4 is 0 Å². The molecule has 0 radical (unpaired) electrons. The van der Waals surface area contributed by atoms with Gasteiger partial charge >= 0.3 is 0 Å². The zero-order valence-corrected chi connectivity index (χ0v) is 9.15. The highest BCUT2D eigenvalue weighted by molar-refractivity contribution is 8.14. The molecule has 3 heteroatoms. The number of thioether (sulfide) groups is 1. The van der Waals surface area contributed by atoms with Crippen molar-refractivity contribution in [2.75, 3.05) is 12.3 Å². The maximum atomic E-state index is 13.6. The smallest absolute Gasteiger partial charge is 0.151 e. The molecule has 0 atom stereocenters. The first kappa shape index (κ1) is 10.2. The van der Waals surface area contributed by atoms with Gasteiger partial charge in [0.25, 0.3) is 0 Å². The minimum Gasteiger partial charge on any atom is -0.275 e. The Morgan fingerprint density at radius 3 is 2.79 bits per heavy atom. The summed E-state index contributed by atoms with van der Waals surface area (Å²) >= 11 is 1.55. The van der Waals surface area contributed by atoms with Gasteiger partial charge in [-0.3, -0.25) is 4.99 Å². The first-order valence-corrected chi connectivity index (χ1v) is 6.40. The molecule has 0 aromatic carbocycles. The molecule has 14 heavy (non-hydrogen) atoms. The van der Waals surface area contributed by atoms with Gasteiger partial charge in [0.2, 0.25) is 0 Å². The van der Waals surface area contributed by atoms with E-state index in [-0.39, 0.29) is 5.83 Å². The molecule has 1 aliphatic heterocycles. The first-order chi connectivity index (χ1) is 6.86. The van der Waals surface area contributed by atoms with Crippen LogP contribution in [0.3, 0.4) is 0 Å². The molecule has 1 nitrogen and oxygen atoms in total. The summed E-state index contributed by atoms with van der Waals surface area (Å²) in [6.45, 7) is 0.784. The van der Waals surface area contributed by atoms with Crippen LogP contribution in [0.2, 0.25) is 0 Å². The summed E-state index contributed by atoms with van der Waals surface area (Å²) in [7, 11) is 0. The summed E-state index contributed by atoms with van der Waals surface area (Å²) in [6.07, 6.45) is 7.96. The van der Waals surface area contributed by atoms with Crippen LogP contribution >= 0.6 is 11.8 Å². The zero-order chi connectivity index (χ0) is 9.80. The van der Waals surface area contributed by atoms with Gasteiger partial charge in [-0.15, -0.1) is 11.8 Å². The molecule has 1 fully saturated rings. The molecule has 0 bridgehead atoms. The normalized spacial score (nSPS) is 25.2. The van der Waals surface area contributed by atoms with E-state index in [1.807, 2.05) is 0 Å². The predicted molar refractivity (Wildman–Crippen MR) is 60.5 cm³/mol. The van der Waals surface area contributed by atoms with Gasteiger partial charge in [0.05, 0.1) is 0 Å². The number of allylic oxidation sites excluding steroid dienone is 1. The Hall–Kier alpha value is -0.310. The van der Waals surface area contributed by atoms with E-state index in [9.17, 15) is 4.39 Å². The summed E-state index contributed by atoms with van der Waals surface area (Å²) in [4.78, 5) is 4.14. The van der Waals surface area contributed by atoms with Gasteiger partial charge in [-0.2, -0.15) is 0 Å². The molecule has 0 aromatic heterocycles. The fraction of sp³-hybridized carbons (Fsp3) is 0.727. The summed E-state index contributed by atoms with van der Waals surface area (Å²) in [5.41, 5.74) is 0. The van der Waals surface area contributed by atoms with Crippen LogP contribution in [0, 0.1) is 5.92 Å². The molecule has 2 aliphatic rings. The molecule has 0 amide bonds. The van der Waals surface area contributed by atoms with Gasteiger partial charge in [0, 0.05) is 12.3 Å². The highest BCUT2D eigenvalue weighted by Gasteiger charge is 2.16. The minimum absolute atomic E-state index is 0.0700. The van der Waals surface area contributed by atoms with E-state index >= 15 is 0 Å². The Morgan fingerprint density at radius 2 is 2.14 bits per heavy atom. The average Bonchev–Trinajstić information content (AvgIpc) is 2.72. The van der Waals surface area contributed by atoms with Crippen molar-refractivity contribution < 1.29 is 4.39 Å². The van der Waals surface area contributed by atoms with Crippen molar-refractivity contribution in [2.24, 2.45) is 10.9 Å². The van der Waals surface area contributed by atoms with Gasteiger partial charge in [0.15, 0.2) is 5.83 Å². The molecule has 0 saturated heterocycles. The van der Waals surface area contributed by atoms with Crippen LogP contribution in [-0.4, -0.2) is 17.3 Å². The van der Waals surface area contributed by atoms with Crippen LogP contribution in [0.25, 0.3) is 0 Å². The van der Waals surface area contributed by atoms with E-state index in [0.29, 0.717) is 11.0 Å². The van der Waals surface area contributed by atoms with E-state index in [2.05, 4.69) is 4.99 Å². The molecule has 0 aromatic rings. The summed E-state index contributed by atoms with van der Waals surface area (Å²) in [6, 6.07) is 0. The molecule has 0 N–H and O–H groups in total. The summed E-state index contributed by atoms with van der Waals surface area (Å²) in [5.74, 6) is 1.34. The van der Waals surface area contributed by atoms with Crippen LogP contribution in [0.1, 0.15) is 32.1 Å². The number of hydrogen-bond acceptors (Lipinski definition) is 2. The van der Waals surface area contributed by atoms with Crippen molar-refractivity contribution in [3.05, 3.63) is 11.9 Å². The van der Waals surface area contributed by atoms with E-state index in [1.165, 1.54) is 19.3 Å². The highest BCUT2D eigenvalue weighted by atomic mass is 32.2. The van der Waals surface area contributed by atoms with Crippen molar-refractivity contribution in [1.29, 1.82) is 0 Å². The fourth-order valence-corrected chi connectivity index (χ4v) is 2.82. The van der Waals surface area contributed by atoms with Crippen molar-refractivity contribution in [1.82, 2.24) is 0 Å². The second-order valence-electron chi connectivity index (χ2n) is 3.95. The van der Waals surface area contributed by atoms with Gasteiger partial charge in [-0.05, 0) is 24.8 Å². The molecule has 78 valence electrons. The van der Waals surface area contributed by atoms with Crippen LogP contribution in [0.5, 0.6) is 0 Å². The quantitative estimate of drug-likeness (QED) is 0.683. The minimum atomic E-state index is -0.0700. The van der Waals surface area contributed by atoms with Crippen molar-refractivity contribution in [3.63, 3.8) is 0 Å². The second kappa shape index (κ2) is 4.96. The number of hydrogen-bond donors (Lipinski definition) is 0. The van der Waals surface area contributed by atoms with E-state index in [0.717, 1.165) is 25.1 Å². The maximum absolute atomic E-state index is 13.6. The van der Waals surface area contributed by atoms with Crippen molar-refractivity contribution in [2.45, 2.75) is 32.1 Å². The Balaban J connectivity index is 1.94. The second-order valence-corrected chi connectivity index (χ2v) is 5.03. The topological polar surface area (TPSA) is 12.4 Å². The maximum Gasteiger partial charge on any atom is 0.151 e. The van der Waals surface area contributed by atoms with Gasteiger partial charge < -0.3 is 0 Å². The third kappa shape index (κ3) is 2.59. The summed E-state index contributed by atoms with van der Waals surface area (Å²) < 4.78 is 13.6. The molecule has 0 spiro atoms. The molecular formula is C11H16FNS. The molecule has 1 saturated carbocycles. The molecule has 1 heterocycles. The van der Waals surface area contributed by atoms with Crippen molar-refractivity contribution >= 4 is 16.8 Å². The number of aliphatic imine (C=N–C) groups is 1. The first-order valence-electron chi connectivity index (χ1n) is 5.41. The standard InChI is InChI=1S/C11H16FNS/c12-10(11-13-6-7-14-11)8-9-4-2-1-3-5-9/h8-9H,1-7H2/b10-8+. The number of nitrogens with zero attached hydrogens (tertiary/aromatic N) is 1. The van der Waals surface area contributed by atoms with E-state index < -0.39 is 0 Å². The van der Waals surface area contributed by atoms with Gasteiger partial charge in [0.1, 0.15) is 5.04 Å². The molecule has 1 aliphatic carbocycles. The lowest BCUT2D eigenvalue weighted by Crippen LogP contribution is -2.04. The molecular weight excluding hydrogens is 197 g/mol. The number of rotatable bonds is 2. The average molecular weight is 213 g/mol. The largest absolute Gasteiger partial charge is 0.275 e. The third-order valence-electron chi connectivity index (χ3n) is 2.82. The summed E-state index contributed by atoms with van der Waals surface area (Å²) in [5, 5.41) is 0.635. The van der Waals surface area contributed by atoms with E-state index in [1.54, 1.807) is 17.8 Å². The molecule has 2 rings (SSSR count). The van der Waals surface area contributed by atoms with E-state index in [4.69, 9.17) is 0 Å². The lowest BCUT2D eigenvalue weighted by Gasteiger charge is -2.17. The predicted octanol–water partition coefficient (Wildman–Crippen LogP) is 3.57. The lowest BCUT2D eigenvalue weighted by molar-refractivity contribution is 0.414. The van der Waals surface area contributed by atoms with Crippen LogP contribution in [-0.2, 0) is 0 Å². The Kier molecular flexibility index (Phi) is 3.62. The van der Waals surface area contributed by atoms with Gasteiger partial charge in [-0.1, -0.05) is 19.3 Å². The Morgan fingerprint density at radius 1 is 1.36 bits per heavy atom. The molecule has 0 unspecified atom stereocenters. The highest BCUT2D eigenvalue weighted by Crippen LogP contribution is 2.28. The fourth-order valence-electron chi connectivity index (χ4n) is 2.06. The third-order valence-corrected chi connectivity index (χ3v) is 3.81. The zero-order valence-electron chi connectivity index (χ0n) is 8.34. The van der Waals surface area contributed by atoms with Gasteiger partial charge in [-0.25, -0.2) is 4.39 Å². The Bertz CT molecular complexity index is 254. The number of halogens is 1. The van der Waals surface area contributed by atoms with Crippen molar-refractivity contribution in [3.8, 4) is 0 Å². The SMILES string of the molecule is F/C(=C/C1CCCCC1)C1=NCCS1. The monoisotopic (exact) mass is 213 g/mol. The van der Waals surface area contributed by atoms with Crippen LogP contribution in [0.15, 0.2) is 16.9 Å².